The van der Waals surface area contributed by atoms with E-state index in [2.05, 4.69) is 10.3 Å². The van der Waals surface area contributed by atoms with Crippen molar-refractivity contribution < 1.29 is 13.2 Å². The van der Waals surface area contributed by atoms with Gasteiger partial charge in [-0.1, -0.05) is 6.92 Å². The molecule has 1 aromatic carbocycles. The Hall–Kier alpha value is -1.70. The molecule has 0 saturated carbocycles. The summed E-state index contributed by atoms with van der Waals surface area (Å²) in [6.07, 6.45) is 3.83. The number of benzene rings is 1. The van der Waals surface area contributed by atoms with Crippen LogP contribution in [0.3, 0.4) is 0 Å². The summed E-state index contributed by atoms with van der Waals surface area (Å²) < 4.78 is 34.1. The lowest BCUT2D eigenvalue weighted by atomic mass is 10.2. The Morgan fingerprint density at radius 2 is 1.95 bits per heavy atom. The van der Waals surface area contributed by atoms with Gasteiger partial charge in [0.25, 0.3) is 0 Å². The molecule has 0 spiro atoms. The number of nitrogens with zero attached hydrogens (tertiary/aromatic N) is 1. The minimum absolute atomic E-state index is 0.184. The number of hydrogen-bond donors (Lipinski definition) is 1. The van der Waals surface area contributed by atoms with E-state index >= 15 is 0 Å². The molecule has 1 N–H and O–H groups in total. The summed E-state index contributed by atoms with van der Waals surface area (Å²) in [5.41, 5.74) is 1.01. The number of aromatic nitrogens is 1. The fraction of sp³-hybridized carbons (Fsp3) is 0.133. The maximum Gasteiger partial charge on any atom is 0.150 e. The number of aryl methyl sites for hydroxylation is 1. The molecule has 0 aliphatic heterocycles. The van der Waals surface area contributed by atoms with E-state index < -0.39 is 11.6 Å². The zero-order valence-corrected chi connectivity index (χ0v) is 13.2. The first kappa shape index (κ1) is 14.2. The fourth-order valence-electron chi connectivity index (χ4n) is 2.17. The smallest absolute Gasteiger partial charge is 0.150 e. The van der Waals surface area contributed by atoms with Gasteiger partial charge >= 0.3 is 0 Å². The van der Waals surface area contributed by atoms with Gasteiger partial charge in [0.1, 0.15) is 17.0 Å². The van der Waals surface area contributed by atoms with Crippen LogP contribution in [-0.2, 0) is 6.42 Å². The van der Waals surface area contributed by atoms with E-state index in [1.54, 1.807) is 18.5 Å². The maximum absolute atomic E-state index is 14.0. The highest BCUT2D eigenvalue weighted by Crippen LogP contribution is 2.34. The van der Waals surface area contributed by atoms with E-state index in [1.807, 2.05) is 29.5 Å². The maximum atomic E-state index is 14.0. The Morgan fingerprint density at radius 3 is 2.62 bits per heavy atom. The number of anilines is 2. The van der Waals surface area contributed by atoms with Gasteiger partial charge in [0, 0.05) is 22.4 Å². The van der Waals surface area contributed by atoms with Crippen LogP contribution in [0.15, 0.2) is 35.0 Å². The van der Waals surface area contributed by atoms with Crippen molar-refractivity contribution in [2.45, 2.75) is 13.3 Å². The lowest BCUT2D eigenvalue weighted by Crippen LogP contribution is -1.99. The third kappa shape index (κ3) is 2.59. The molecule has 0 unspecified atom stereocenters. The van der Waals surface area contributed by atoms with Crippen LogP contribution in [0.4, 0.5) is 20.2 Å². The first-order chi connectivity index (χ1) is 10.1. The Balaban J connectivity index is 2.14. The third-order valence-corrected chi connectivity index (χ3v) is 3.76. The summed E-state index contributed by atoms with van der Waals surface area (Å²) >= 11 is 1.87. The van der Waals surface area contributed by atoms with Crippen molar-refractivity contribution in [1.29, 1.82) is 0 Å². The lowest BCUT2D eigenvalue weighted by Gasteiger charge is -2.09. The van der Waals surface area contributed by atoms with Crippen LogP contribution in [0, 0.1) is 15.2 Å². The van der Waals surface area contributed by atoms with Crippen LogP contribution < -0.4 is 5.32 Å². The van der Waals surface area contributed by atoms with Crippen LogP contribution in [0.2, 0.25) is 0 Å². The normalized spacial score (nSPS) is 11.0. The number of furan rings is 1. The average molecular weight is 400 g/mol. The fourth-order valence-corrected chi connectivity index (χ4v) is 2.71. The molecule has 2 heterocycles. The summed E-state index contributed by atoms with van der Waals surface area (Å²) in [5.74, 6) is -0.644. The standard InChI is InChI=1S/C15H11F2IN2O/c1-2-12-14(9-7-19-4-3-13(9)21-12)20-15-10(16)5-8(18)6-11(15)17/h3-7,20H,2H2,1H3. The molecule has 0 radical (unpaired) electrons. The minimum atomic E-state index is -0.639. The molecule has 3 aromatic rings. The second kappa shape index (κ2) is 5.59. The van der Waals surface area contributed by atoms with Gasteiger partial charge in [-0.25, -0.2) is 8.78 Å². The van der Waals surface area contributed by atoms with E-state index in [0.717, 1.165) is 0 Å². The number of halogens is 3. The predicted octanol–water partition coefficient (Wildman–Crippen LogP) is 5.02. The first-order valence-electron chi connectivity index (χ1n) is 6.37. The van der Waals surface area contributed by atoms with E-state index in [9.17, 15) is 8.78 Å². The van der Waals surface area contributed by atoms with Gasteiger partial charge in [-0.15, -0.1) is 0 Å². The molecule has 6 heteroatoms. The monoisotopic (exact) mass is 400 g/mol. The van der Waals surface area contributed by atoms with Crippen LogP contribution in [0.25, 0.3) is 11.0 Å². The summed E-state index contributed by atoms with van der Waals surface area (Å²) in [6, 6.07) is 4.27. The molecule has 21 heavy (non-hydrogen) atoms. The highest BCUT2D eigenvalue weighted by molar-refractivity contribution is 14.1. The van der Waals surface area contributed by atoms with Crippen molar-refractivity contribution in [3.8, 4) is 0 Å². The van der Waals surface area contributed by atoms with E-state index in [4.69, 9.17) is 4.42 Å². The lowest BCUT2D eigenvalue weighted by molar-refractivity contribution is 0.558. The van der Waals surface area contributed by atoms with E-state index in [0.29, 0.717) is 32.4 Å². The van der Waals surface area contributed by atoms with Gasteiger partial charge in [0.2, 0.25) is 0 Å². The number of nitrogens with one attached hydrogen (secondary N) is 1. The van der Waals surface area contributed by atoms with Crippen molar-refractivity contribution in [3.63, 3.8) is 0 Å². The average Bonchev–Trinajstić information content (AvgIpc) is 2.80. The molecule has 3 rings (SSSR count). The number of pyridine rings is 1. The molecule has 0 saturated heterocycles. The molecule has 0 atom stereocenters. The van der Waals surface area contributed by atoms with Crippen LogP contribution >= 0.6 is 22.6 Å². The van der Waals surface area contributed by atoms with Crippen molar-refractivity contribution in [3.05, 3.63) is 51.6 Å². The van der Waals surface area contributed by atoms with Crippen molar-refractivity contribution in [1.82, 2.24) is 4.98 Å². The van der Waals surface area contributed by atoms with Gasteiger partial charge in [-0.05, 0) is 40.8 Å². The zero-order chi connectivity index (χ0) is 15.0. The van der Waals surface area contributed by atoms with Gasteiger partial charge < -0.3 is 9.73 Å². The number of rotatable bonds is 3. The molecule has 2 aromatic heterocycles. The first-order valence-corrected chi connectivity index (χ1v) is 7.45. The molecule has 0 bridgehead atoms. The molecular weight excluding hydrogens is 389 g/mol. The molecule has 0 aliphatic carbocycles. The highest BCUT2D eigenvalue weighted by Gasteiger charge is 2.17. The van der Waals surface area contributed by atoms with Gasteiger partial charge in [-0.3, -0.25) is 4.98 Å². The Kier molecular flexibility index (Phi) is 3.79. The Bertz CT molecular complexity index is 794. The van der Waals surface area contributed by atoms with Crippen molar-refractivity contribution in [2.24, 2.45) is 0 Å². The van der Waals surface area contributed by atoms with Crippen molar-refractivity contribution >= 4 is 44.9 Å². The second-order valence-corrected chi connectivity index (χ2v) is 5.74. The molecule has 0 aliphatic rings. The summed E-state index contributed by atoms with van der Waals surface area (Å²) in [5, 5.41) is 3.52. The third-order valence-electron chi connectivity index (χ3n) is 3.14. The van der Waals surface area contributed by atoms with Gasteiger partial charge in [-0.2, -0.15) is 0 Å². The molecule has 0 amide bonds. The highest BCUT2D eigenvalue weighted by atomic mass is 127. The topological polar surface area (TPSA) is 38.1 Å². The molecular formula is C15H11F2IN2O. The predicted molar refractivity (Wildman–Crippen MR) is 85.7 cm³/mol. The van der Waals surface area contributed by atoms with Gasteiger partial charge in [0.05, 0.1) is 11.1 Å². The van der Waals surface area contributed by atoms with Crippen LogP contribution in [0.5, 0.6) is 0 Å². The molecule has 108 valence electrons. The zero-order valence-electron chi connectivity index (χ0n) is 11.1. The van der Waals surface area contributed by atoms with E-state index in [-0.39, 0.29) is 5.69 Å². The summed E-state index contributed by atoms with van der Waals surface area (Å²) in [6.45, 7) is 1.91. The number of fused-ring (bicyclic) bond motifs is 1. The molecule has 3 nitrogen and oxygen atoms in total. The largest absolute Gasteiger partial charge is 0.459 e. The van der Waals surface area contributed by atoms with E-state index in [1.165, 1.54) is 12.1 Å². The Morgan fingerprint density at radius 1 is 1.24 bits per heavy atom. The van der Waals surface area contributed by atoms with Gasteiger partial charge in [0.15, 0.2) is 11.6 Å². The minimum Gasteiger partial charge on any atom is -0.459 e. The quantitative estimate of drug-likeness (QED) is 0.628. The summed E-state index contributed by atoms with van der Waals surface area (Å²) in [4.78, 5) is 4.03. The SMILES string of the molecule is CCc1oc2ccncc2c1Nc1c(F)cc(I)cc1F. The number of hydrogen-bond acceptors (Lipinski definition) is 3. The summed E-state index contributed by atoms with van der Waals surface area (Å²) in [7, 11) is 0. The second-order valence-electron chi connectivity index (χ2n) is 4.50. The van der Waals surface area contributed by atoms with Crippen LogP contribution in [0.1, 0.15) is 12.7 Å². The molecule has 0 fully saturated rings. The Labute approximate surface area is 133 Å². The van der Waals surface area contributed by atoms with Crippen LogP contribution in [-0.4, -0.2) is 4.98 Å². The van der Waals surface area contributed by atoms with Crippen molar-refractivity contribution in [2.75, 3.05) is 5.32 Å².